The summed E-state index contributed by atoms with van der Waals surface area (Å²) < 4.78 is 6.31. The summed E-state index contributed by atoms with van der Waals surface area (Å²) in [6, 6.07) is 17.3. The van der Waals surface area contributed by atoms with Gasteiger partial charge in [-0.1, -0.05) is 48.9 Å². The average molecular weight is 345 g/mol. The number of ether oxygens (including phenoxy) is 1. The Morgan fingerprint density at radius 2 is 1.77 bits per heavy atom. The van der Waals surface area contributed by atoms with Gasteiger partial charge in [0.15, 0.2) is 0 Å². The first-order chi connectivity index (χ1) is 12.8. The van der Waals surface area contributed by atoms with Crippen molar-refractivity contribution in [3.8, 4) is 5.75 Å². The van der Waals surface area contributed by atoms with E-state index in [0.717, 1.165) is 29.8 Å². The monoisotopic (exact) mass is 345 g/mol. The van der Waals surface area contributed by atoms with Gasteiger partial charge in [-0.25, -0.2) is 0 Å². The van der Waals surface area contributed by atoms with Gasteiger partial charge in [-0.2, -0.15) is 0 Å². The van der Waals surface area contributed by atoms with Crippen LogP contribution in [0.15, 0.2) is 54.7 Å². The van der Waals surface area contributed by atoms with E-state index in [9.17, 15) is 0 Å². The fourth-order valence-electron chi connectivity index (χ4n) is 3.95. The Morgan fingerprint density at radius 3 is 2.65 bits per heavy atom. The predicted molar refractivity (Wildman–Crippen MR) is 108 cm³/mol. The van der Waals surface area contributed by atoms with Crippen LogP contribution in [0.4, 0.5) is 0 Å². The van der Waals surface area contributed by atoms with Gasteiger partial charge >= 0.3 is 0 Å². The molecule has 0 radical (unpaired) electrons. The first kappa shape index (κ1) is 17.1. The topological polar surface area (TPSA) is 22.1 Å². The third-order valence-electron chi connectivity index (χ3n) is 5.49. The van der Waals surface area contributed by atoms with E-state index in [0.29, 0.717) is 6.10 Å². The van der Waals surface area contributed by atoms with Crippen LogP contribution in [0.2, 0.25) is 0 Å². The van der Waals surface area contributed by atoms with Crippen molar-refractivity contribution in [3.63, 3.8) is 0 Å². The Bertz CT molecular complexity index is 875. The van der Waals surface area contributed by atoms with Gasteiger partial charge in [0.05, 0.1) is 6.10 Å². The summed E-state index contributed by atoms with van der Waals surface area (Å²) in [5.41, 5.74) is 3.65. The van der Waals surface area contributed by atoms with E-state index >= 15 is 0 Å². The molecule has 1 aliphatic rings. The summed E-state index contributed by atoms with van der Waals surface area (Å²) in [4.78, 5) is 4.65. The zero-order valence-electron chi connectivity index (χ0n) is 15.6. The summed E-state index contributed by atoms with van der Waals surface area (Å²) in [7, 11) is 0. The molecule has 0 atom stereocenters. The standard InChI is InChI=1S/C24H27NO/c1-18-17-25-21(16-24(18)26-22-11-3-2-4-12-22)15-14-20-10-7-9-19-8-5-6-13-23(19)20/h5-10,13,16-17,22H,2-4,11-12,14-15H2,1H3. The van der Waals surface area contributed by atoms with Crippen molar-refractivity contribution in [2.45, 2.75) is 58.0 Å². The summed E-state index contributed by atoms with van der Waals surface area (Å²) in [6.45, 7) is 2.10. The van der Waals surface area contributed by atoms with Gasteiger partial charge in [-0.3, -0.25) is 4.98 Å². The lowest BCUT2D eigenvalue weighted by Crippen LogP contribution is -2.20. The highest BCUT2D eigenvalue weighted by Crippen LogP contribution is 2.27. The third-order valence-corrected chi connectivity index (χ3v) is 5.49. The maximum Gasteiger partial charge on any atom is 0.125 e. The van der Waals surface area contributed by atoms with Crippen molar-refractivity contribution in [1.29, 1.82) is 0 Å². The van der Waals surface area contributed by atoms with Crippen LogP contribution >= 0.6 is 0 Å². The molecule has 1 heterocycles. The first-order valence-corrected chi connectivity index (χ1v) is 9.88. The molecule has 2 aromatic carbocycles. The van der Waals surface area contributed by atoms with Gasteiger partial charge in [-0.05, 0) is 61.8 Å². The molecule has 0 amide bonds. The zero-order valence-corrected chi connectivity index (χ0v) is 15.6. The molecule has 1 saturated carbocycles. The molecule has 2 nitrogen and oxygen atoms in total. The van der Waals surface area contributed by atoms with Crippen molar-refractivity contribution in [3.05, 3.63) is 71.5 Å². The van der Waals surface area contributed by atoms with E-state index in [1.165, 1.54) is 48.4 Å². The molecule has 0 saturated heterocycles. The second-order valence-corrected chi connectivity index (χ2v) is 7.46. The second-order valence-electron chi connectivity index (χ2n) is 7.46. The lowest BCUT2D eigenvalue weighted by Gasteiger charge is -2.24. The average Bonchev–Trinajstić information content (AvgIpc) is 2.69. The molecule has 134 valence electrons. The zero-order chi connectivity index (χ0) is 17.8. The van der Waals surface area contributed by atoms with Crippen molar-refractivity contribution >= 4 is 10.8 Å². The van der Waals surface area contributed by atoms with Crippen molar-refractivity contribution in [2.75, 3.05) is 0 Å². The largest absolute Gasteiger partial charge is 0.490 e. The maximum atomic E-state index is 6.31. The fourth-order valence-corrected chi connectivity index (χ4v) is 3.95. The first-order valence-electron chi connectivity index (χ1n) is 9.88. The highest BCUT2D eigenvalue weighted by atomic mass is 16.5. The number of hydrogen-bond acceptors (Lipinski definition) is 2. The second kappa shape index (κ2) is 7.90. The molecule has 0 spiro atoms. The molecule has 1 fully saturated rings. The molecule has 26 heavy (non-hydrogen) atoms. The van der Waals surface area contributed by atoms with Gasteiger partial charge in [0.25, 0.3) is 0 Å². The molecule has 1 aliphatic carbocycles. The van der Waals surface area contributed by atoms with Crippen LogP contribution in [0.3, 0.4) is 0 Å². The molecule has 0 unspecified atom stereocenters. The molecule has 3 aromatic rings. The molecule has 1 aromatic heterocycles. The van der Waals surface area contributed by atoms with Gasteiger partial charge < -0.3 is 4.74 Å². The normalized spacial score (nSPS) is 15.3. The van der Waals surface area contributed by atoms with E-state index in [1.54, 1.807) is 0 Å². The smallest absolute Gasteiger partial charge is 0.125 e. The minimum absolute atomic E-state index is 0.385. The van der Waals surface area contributed by atoms with Crippen molar-refractivity contribution in [1.82, 2.24) is 4.98 Å². The van der Waals surface area contributed by atoms with Crippen LogP contribution in [-0.2, 0) is 12.8 Å². The molecule has 4 rings (SSSR count). The Morgan fingerprint density at radius 1 is 0.962 bits per heavy atom. The van der Waals surface area contributed by atoms with Crippen LogP contribution < -0.4 is 4.74 Å². The Balaban J connectivity index is 1.48. The van der Waals surface area contributed by atoms with Crippen LogP contribution in [0.1, 0.15) is 48.9 Å². The third kappa shape index (κ3) is 3.90. The molecule has 0 aliphatic heterocycles. The number of hydrogen-bond donors (Lipinski definition) is 0. The van der Waals surface area contributed by atoms with E-state index < -0.39 is 0 Å². The van der Waals surface area contributed by atoms with Gasteiger partial charge in [0.2, 0.25) is 0 Å². The number of pyridine rings is 1. The number of aryl methyl sites for hydroxylation is 3. The van der Waals surface area contributed by atoms with E-state index in [-0.39, 0.29) is 0 Å². The van der Waals surface area contributed by atoms with Crippen molar-refractivity contribution < 1.29 is 4.74 Å². The van der Waals surface area contributed by atoms with Gasteiger partial charge in [0.1, 0.15) is 5.75 Å². The van der Waals surface area contributed by atoms with Crippen LogP contribution in [-0.4, -0.2) is 11.1 Å². The number of fused-ring (bicyclic) bond motifs is 1. The molecular formula is C24H27NO. The molecular weight excluding hydrogens is 318 g/mol. The summed E-state index contributed by atoms with van der Waals surface area (Å²) in [6.07, 6.45) is 10.6. The lowest BCUT2D eigenvalue weighted by atomic mass is 9.97. The highest BCUT2D eigenvalue weighted by molar-refractivity contribution is 5.85. The molecule has 0 N–H and O–H groups in total. The summed E-state index contributed by atoms with van der Waals surface area (Å²) >= 11 is 0. The minimum atomic E-state index is 0.385. The maximum absolute atomic E-state index is 6.31. The van der Waals surface area contributed by atoms with Crippen LogP contribution in [0, 0.1) is 6.92 Å². The summed E-state index contributed by atoms with van der Waals surface area (Å²) in [5.74, 6) is 1.03. The quantitative estimate of drug-likeness (QED) is 0.562. The Hall–Kier alpha value is -2.35. The summed E-state index contributed by atoms with van der Waals surface area (Å²) in [5, 5.41) is 2.66. The Labute approximate surface area is 156 Å². The Kier molecular flexibility index (Phi) is 5.19. The number of benzene rings is 2. The van der Waals surface area contributed by atoms with Gasteiger partial charge in [-0.15, -0.1) is 0 Å². The molecule has 0 bridgehead atoms. The fraction of sp³-hybridized carbons (Fsp3) is 0.375. The molecule has 2 heteroatoms. The number of rotatable bonds is 5. The SMILES string of the molecule is Cc1cnc(CCc2cccc3ccccc23)cc1OC1CCCCC1. The van der Waals surface area contributed by atoms with Crippen LogP contribution in [0.5, 0.6) is 5.75 Å². The van der Waals surface area contributed by atoms with E-state index in [2.05, 4.69) is 60.4 Å². The predicted octanol–water partition coefficient (Wildman–Crippen LogP) is 6.04. The van der Waals surface area contributed by atoms with E-state index in [4.69, 9.17) is 4.74 Å². The lowest BCUT2D eigenvalue weighted by molar-refractivity contribution is 0.153. The van der Waals surface area contributed by atoms with Gasteiger partial charge in [0, 0.05) is 23.5 Å². The van der Waals surface area contributed by atoms with Crippen LogP contribution in [0.25, 0.3) is 10.8 Å². The number of nitrogens with zero attached hydrogens (tertiary/aromatic N) is 1. The van der Waals surface area contributed by atoms with Crippen molar-refractivity contribution in [2.24, 2.45) is 0 Å². The number of aromatic nitrogens is 1. The minimum Gasteiger partial charge on any atom is -0.490 e. The highest BCUT2D eigenvalue weighted by Gasteiger charge is 2.16. The van der Waals surface area contributed by atoms with E-state index in [1.807, 2.05) is 6.20 Å².